The molecule has 41 heavy (non-hydrogen) atoms. The van der Waals surface area contributed by atoms with Crippen LogP contribution in [0.2, 0.25) is 0 Å². The molecule has 0 aliphatic carbocycles. The number of amides is 1. The van der Waals surface area contributed by atoms with E-state index in [1.165, 1.54) is 42.7 Å². The summed E-state index contributed by atoms with van der Waals surface area (Å²) in [7, 11) is 1.25. The predicted octanol–water partition coefficient (Wildman–Crippen LogP) is 6.97. The molecule has 0 saturated heterocycles. The average molecular weight is 586 g/mol. The van der Waals surface area contributed by atoms with Crippen molar-refractivity contribution in [3.8, 4) is 22.6 Å². The van der Waals surface area contributed by atoms with E-state index in [2.05, 4.69) is 17.0 Å². The summed E-state index contributed by atoms with van der Waals surface area (Å²) >= 11 is 1.32. The summed E-state index contributed by atoms with van der Waals surface area (Å²) in [6.07, 6.45) is -1.27. The largest absolute Gasteiger partial charge is 0.407 e. The lowest BCUT2D eigenvalue weighted by Crippen LogP contribution is -2.37. The van der Waals surface area contributed by atoms with Gasteiger partial charge in [0.25, 0.3) is 0 Å². The van der Waals surface area contributed by atoms with Crippen LogP contribution in [0.3, 0.4) is 0 Å². The molecule has 1 N–H and O–H groups in total. The maximum Gasteiger partial charge on any atom is 0.407 e. The average Bonchev–Trinajstić information content (AvgIpc) is 3.60. The predicted molar refractivity (Wildman–Crippen MR) is 149 cm³/mol. The topological polar surface area (TPSA) is 63.1 Å². The first kappa shape index (κ1) is 28.4. The summed E-state index contributed by atoms with van der Waals surface area (Å²) in [6.45, 7) is 4.70. The van der Waals surface area contributed by atoms with Crippen molar-refractivity contribution in [3.05, 3.63) is 89.5 Å². The van der Waals surface area contributed by atoms with Crippen LogP contribution in [-0.4, -0.2) is 45.3 Å². The quantitative estimate of drug-likeness (QED) is 0.145. The minimum atomic E-state index is -4.47. The molecule has 3 aromatic heterocycles. The number of aromatic nitrogens is 3. The van der Waals surface area contributed by atoms with E-state index in [4.69, 9.17) is 4.98 Å². The molecule has 5 rings (SSSR count). The van der Waals surface area contributed by atoms with Crippen molar-refractivity contribution in [2.24, 2.45) is 0 Å². The second-order valence-corrected chi connectivity index (χ2v) is 10.2. The fraction of sp³-hybridized carbons (Fsp3) is 0.207. The van der Waals surface area contributed by atoms with Crippen molar-refractivity contribution >= 4 is 33.4 Å². The maximum absolute atomic E-state index is 14.6. The normalized spacial score (nSPS) is 15.0. The minimum absolute atomic E-state index is 0.0468. The lowest BCUT2D eigenvalue weighted by Gasteiger charge is -2.26. The highest BCUT2D eigenvalue weighted by molar-refractivity contribution is 7.17. The number of halogens is 5. The standard InChI is InChI=1S/C29H24F5N5OS/c1-3-24(40)38-11-12-39-20(16-38)15-23(37-39)26-22(14-19(31)8-10-30)27-21(9-13-41-27)25(36-26)17-4-6-18(7-5-17)28(35-2)29(32,33)34/h3-10,13-15,28,35H,1,11-12,16H2,2H3/b10-8+,19-14?. The Morgan fingerprint density at radius 3 is 2.59 bits per heavy atom. The van der Waals surface area contributed by atoms with Crippen molar-refractivity contribution in [3.63, 3.8) is 0 Å². The molecule has 212 valence electrons. The van der Waals surface area contributed by atoms with E-state index < -0.39 is 18.0 Å². The lowest BCUT2D eigenvalue weighted by atomic mass is 9.99. The van der Waals surface area contributed by atoms with Crippen LogP contribution in [0.25, 0.3) is 38.8 Å². The molecule has 1 unspecified atom stereocenters. The van der Waals surface area contributed by atoms with Crippen LogP contribution in [0.15, 0.2) is 72.7 Å². The molecule has 0 fully saturated rings. The van der Waals surface area contributed by atoms with E-state index in [0.29, 0.717) is 64.0 Å². The summed E-state index contributed by atoms with van der Waals surface area (Å²) in [4.78, 5) is 18.6. The van der Waals surface area contributed by atoms with Gasteiger partial charge in [-0.05, 0) is 42.3 Å². The Balaban J connectivity index is 1.67. The number of nitrogens with zero attached hydrogens (tertiary/aromatic N) is 4. The molecule has 0 saturated carbocycles. The molecule has 0 bridgehead atoms. The van der Waals surface area contributed by atoms with Crippen molar-refractivity contribution in [1.29, 1.82) is 0 Å². The summed E-state index contributed by atoms with van der Waals surface area (Å²) in [6, 6.07) is 7.64. The Morgan fingerprint density at radius 1 is 1.17 bits per heavy atom. The van der Waals surface area contributed by atoms with E-state index in [0.717, 1.165) is 5.69 Å². The van der Waals surface area contributed by atoms with Crippen LogP contribution in [0.4, 0.5) is 22.0 Å². The molecule has 0 radical (unpaired) electrons. The summed E-state index contributed by atoms with van der Waals surface area (Å²) in [5.74, 6) is -1.04. The minimum Gasteiger partial charge on any atom is -0.331 e. The van der Waals surface area contributed by atoms with Gasteiger partial charge >= 0.3 is 6.18 Å². The van der Waals surface area contributed by atoms with Gasteiger partial charge in [-0.15, -0.1) is 11.3 Å². The monoisotopic (exact) mass is 585 g/mol. The number of carbonyl (C=O) groups excluding carboxylic acids is 1. The van der Waals surface area contributed by atoms with E-state index in [9.17, 15) is 26.7 Å². The fourth-order valence-corrected chi connectivity index (χ4v) is 5.81. The van der Waals surface area contributed by atoms with Gasteiger partial charge in [-0.3, -0.25) is 9.48 Å². The Morgan fingerprint density at radius 2 is 1.93 bits per heavy atom. The molecule has 1 aliphatic heterocycles. The summed E-state index contributed by atoms with van der Waals surface area (Å²) < 4.78 is 70.2. The maximum atomic E-state index is 14.6. The fourth-order valence-electron chi connectivity index (χ4n) is 4.89. The smallest absolute Gasteiger partial charge is 0.331 e. The number of thiophene rings is 1. The van der Waals surface area contributed by atoms with E-state index in [-0.39, 0.29) is 17.8 Å². The number of rotatable bonds is 7. The first-order valence-corrected chi connectivity index (χ1v) is 13.4. The molecule has 1 amide bonds. The molecule has 0 spiro atoms. The Hall–Kier alpha value is -4.16. The zero-order chi connectivity index (χ0) is 29.3. The number of pyridine rings is 1. The molecular formula is C29H24F5N5OS. The van der Waals surface area contributed by atoms with E-state index in [1.54, 1.807) is 39.2 Å². The lowest BCUT2D eigenvalue weighted by molar-refractivity contribution is -0.156. The van der Waals surface area contributed by atoms with Gasteiger partial charge in [0.2, 0.25) is 5.91 Å². The van der Waals surface area contributed by atoms with Crippen LogP contribution < -0.4 is 5.32 Å². The zero-order valence-corrected chi connectivity index (χ0v) is 22.6. The van der Waals surface area contributed by atoms with Gasteiger partial charge < -0.3 is 10.2 Å². The molecule has 12 heteroatoms. The Kier molecular flexibility index (Phi) is 7.87. The SMILES string of the molecule is C=CC(=O)N1CCn2nc(-c3nc(-c4ccc(C(NC)C(F)(F)F)cc4)c4ccsc4c3C=C(F)/C=C/F)cc2C1. The van der Waals surface area contributed by atoms with Gasteiger partial charge in [0.05, 0.1) is 30.8 Å². The number of benzene rings is 1. The van der Waals surface area contributed by atoms with Crippen LogP contribution in [0, 0.1) is 0 Å². The highest BCUT2D eigenvalue weighted by Crippen LogP contribution is 2.40. The van der Waals surface area contributed by atoms with Gasteiger partial charge in [-0.2, -0.15) is 18.3 Å². The van der Waals surface area contributed by atoms with Gasteiger partial charge in [0, 0.05) is 33.8 Å². The molecule has 4 aromatic rings. The second-order valence-electron chi connectivity index (χ2n) is 9.30. The molecule has 1 aliphatic rings. The third kappa shape index (κ3) is 5.57. The first-order valence-electron chi connectivity index (χ1n) is 12.5. The summed E-state index contributed by atoms with van der Waals surface area (Å²) in [5.41, 5.74) is 2.93. The molecule has 4 heterocycles. The first-order chi connectivity index (χ1) is 19.6. The third-order valence-electron chi connectivity index (χ3n) is 6.81. The van der Waals surface area contributed by atoms with Gasteiger partial charge in [0.1, 0.15) is 23.3 Å². The molecule has 1 aromatic carbocycles. The van der Waals surface area contributed by atoms with Crippen molar-refractivity contribution in [2.75, 3.05) is 13.6 Å². The number of hydrogen-bond donors (Lipinski definition) is 1. The third-order valence-corrected chi connectivity index (χ3v) is 7.76. The Labute approximate surface area is 236 Å². The number of alkyl halides is 3. The highest BCUT2D eigenvalue weighted by atomic mass is 32.1. The van der Waals surface area contributed by atoms with Crippen LogP contribution in [-0.2, 0) is 17.9 Å². The number of carbonyl (C=O) groups is 1. The molecular weight excluding hydrogens is 561 g/mol. The van der Waals surface area contributed by atoms with Crippen molar-refractivity contribution < 1.29 is 26.7 Å². The molecule has 6 nitrogen and oxygen atoms in total. The zero-order valence-electron chi connectivity index (χ0n) is 21.8. The second kappa shape index (κ2) is 11.4. The van der Waals surface area contributed by atoms with Crippen molar-refractivity contribution in [2.45, 2.75) is 25.3 Å². The van der Waals surface area contributed by atoms with Crippen molar-refractivity contribution in [1.82, 2.24) is 25.0 Å². The van der Waals surface area contributed by atoms with Gasteiger partial charge in [-0.25, -0.2) is 13.8 Å². The Bertz CT molecular complexity index is 1670. The number of fused-ring (bicyclic) bond motifs is 2. The van der Waals surface area contributed by atoms with E-state index in [1.807, 2.05) is 0 Å². The summed E-state index contributed by atoms with van der Waals surface area (Å²) in [5, 5.41) is 9.42. The van der Waals surface area contributed by atoms with Gasteiger partial charge in [-0.1, -0.05) is 30.8 Å². The number of nitrogens with one attached hydrogen (secondary N) is 1. The molecule has 1 atom stereocenters. The van der Waals surface area contributed by atoms with E-state index >= 15 is 0 Å². The highest BCUT2D eigenvalue weighted by Gasteiger charge is 2.39. The van der Waals surface area contributed by atoms with Crippen LogP contribution in [0.1, 0.15) is 22.9 Å². The van der Waals surface area contributed by atoms with Crippen LogP contribution in [0.5, 0.6) is 0 Å². The van der Waals surface area contributed by atoms with Gasteiger partial charge in [0.15, 0.2) is 0 Å². The van der Waals surface area contributed by atoms with Crippen LogP contribution >= 0.6 is 11.3 Å². The number of allylic oxidation sites excluding steroid dienone is 2. The number of hydrogen-bond acceptors (Lipinski definition) is 5.